The first-order valence-electron chi connectivity index (χ1n) is 7.51. The minimum absolute atomic E-state index is 0.379. The minimum Gasteiger partial charge on any atom is -0.383 e. The number of nitrogens with one attached hydrogen (secondary N) is 1. The Morgan fingerprint density at radius 1 is 1.40 bits per heavy atom. The first-order chi connectivity index (χ1) is 9.58. The summed E-state index contributed by atoms with van der Waals surface area (Å²) in [7, 11) is 1.75. The molecule has 0 saturated heterocycles. The normalized spacial score (nSPS) is 12.9. The molecule has 0 bridgehead atoms. The lowest BCUT2D eigenvalue weighted by molar-refractivity contribution is 0.204. The van der Waals surface area contributed by atoms with Gasteiger partial charge >= 0.3 is 0 Å². The lowest BCUT2D eigenvalue weighted by Gasteiger charge is -2.23. The van der Waals surface area contributed by atoms with Crippen molar-refractivity contribution in [1.29, 1.82) is 0 Å². The van der Waals surface area contributed by atoms with Crippen molar-refractivity contribution >= 4 is 16.5 Å². The van der Waals surface area contributed by atoms with E-state index >= 15 is 0 Å². The molecule has 1 atom stereocenters. The van der Waals surface area contributed by atoms with Gasteiger partial charge in [0.1, 0.15) is 0 Å². The summed E-state index contributed by atoms with van der Waals surface area (Å²) in [5.74, 6) is 0.620. The van der Waals surface area contributed by atoms with Gasteiger partial charge in [-0.05, 0) is 25.8 Å². The molecule has 5 heteroatoms. The van der Waals surface area contributed by atoms with E-state index in [1.54, 1.807) is 18.4 Å². The summed E-state index contributed by atoms with van der Waals surface area (Å²) in [6.45, 7) is 12.6. The van der Waals surface area contributed by atoms with Gasteiger partial charge in [-0.15, -0.1) is 11.3 Å². The fourth-order valence-corrected chi connectivity index (χ4v) is 2.97. The van der Waals surface area contributed by atoms with E-state index in [0.717, 1.165) is 37.8 Å². The highest BCUT2D eigenvalue weighted by atomic mass is 32.1. The van der Waals surface area contributed by atoms with Crippen LogP contribution in [0.15, 0.2) is 6.20 Å². The largest absolute Gasteiger partial charge is 0.383 e. The fraction of sp³-hybridized carbons (Fsp3) is 0.800. The van der Waals surface area contributed by atoms with Crippen LogP contribution < -0.4 is 10.2 Å². The summed E-state index contributed by atoms with van der Waals surface area (Å²) in [4.78, 5) is 8.23. The SMILES string of the molecule is CCCNC(C)c1cnc(N(CCOC)CC(C)C)s1. The zero-order valence-electron chi connectivity index (χ0n) is 13.5. The van der Waals surface area contributed by atoms with Crippen LogP contribution in [0.3, 0.4) is 0 Å². The van der Waals surface area contributed by atoms with Gasteiger partial charge in [-0.2, -0.15) is 0 Å². The summed E-state index contributed by atoms with van der Waals surface area (Å²) in [6, 6.07) is 0.379. The number of anilines is 1. The third-order valence-electron chi connectivity index (χ3n) is 3.06. The third kappa shape index (κ3) is 5.77. The highest BCUT2D eigenvalue weighted by Gasteiger charge is 2.15. The highest BCUT2D eigenvalue weighted by molar-refractivity contribution is 7.15. The van der Waals surface area contributed by atoms with Gasteiger partial charge in [0.2, 0.25) is 0 Å². The number of thiazole rings is 1. The number of nitrogens with zero attached hydrogens (tertiary/aromatic N) is 2. The summed E-state index contributed by atoms with van der Waals surface area (Å²) < 4.78 is 5.21. The lowest BCUT2D eigenvalue weighted by Crippen LogP contribution is -2.30. The number of ether oxygens (including phenoxy) is 1. The molecule has 0 aliphatic carbocycles. The topological polar surface area (TPSA) is 37.4 Å². The molecule has 1 heterocycles. The van der Waals surface area contributed by atoms with Gasteiger partial charge in [-0.25, -0.2) is 4.98 Å². The van der Waals surface area contributed by atoms with Crippen LogP contribution in [0.2, 0.25) is 0 Å². The Morgan fingerprint density at radius 2 is 2.15 bits per heavy atom. The van der Waals surface area contributed by atoms with E-state index < -0.39 is 0 Å². The summed E-state index contributed by atoms with van der Waals surface area (Å²) >= 11 is 1.79. The molecule has 4 nitrogen and oxygen atoms in total. The van der Waals surface area contributed by atoms with Crippen molar-refractivity contribution < 1.29 is 4.74 Å². The number of aromatic nitrogens is 1. The van der Waals surface area contributed by atoms with E-state index in [-0.39, 0.29) is 0 Å². The number of rotatable bonds is 10. The van der Waals surface area contributed by atoms with Crippen LogP contribution in [-0.4, -0.2) is 38.3 Å². The second-order valence-electron chi connectivity index (χ2n) is 5.55. The van der Waals surface area contributed by atoms with Crippen LogP contribution in [0.1, 0.15) is 45.0 Å². The fourth-order valence-electron chi connectivity index (χ4n) is 1.99. The highest BCUT2D eigenvalue weighted by Crippen LogP contribution is 2.27. The second-order valence-corrected chi connectivity index (χ2v) is 6.59. The monoisotopic (exact) mass is 299 g/mol. The molecule has 0 amide bonds. The van der Waals surface area contributed by atoms with Crippen molar-refractivity contribution in [3.05, 3.63) is 11.1 Å². The van der Waals surface area contributed by atoms with E-state index in [1.807, 2.05) is 6.20 Å². The molecule has 1 N–H and O–H groups in total. The Balaban J connectivity index is 2.68. The number of hydrogen-bond donors (Lipinski definition) is 1. The van der Waals surface area contributed by atoms with E-state index in [2.05, 4.69) is 42.9 Å². The first kappa shape index (κ1) is 17.4. The molecular weight excluding hydrogens is 270 g/mol. The Kier molecular flexibility index (Phi) is 8.11. The van der Waals surface area contributed by atoms with Crippen molar-refractivity contribution in [1.82, 2.24) is 10.3 Å². The van der Waals surface area contributed by atoms with E-state index in [9.17, 15) is 0 Å². The summed E-state index contributed by atoms with van der Waals surface area (Å²) in [5.41, 5.74) is 0. The smallest absolute Gasteiger partial charge is 0.185 e. The van der Waals surface area contributed by atoms with Gasteiger partial charge < -0.3 is 15.0 Å². The second kappa shape index (κ2) is 9.32. The van der Waals surface area contributed by atoms with E-state index in [4.69, 9.17) is 4.74 Å². The quantitative estimate of drug-likeness (QED) is 0.719. The molecule has 1 rings (SSSR count). The zero-order chi connectivity index (χ0) is 15.0. The number of methoxy groups -OCH3 is 1. The first-order valence-corrected chi connectivity index (χ1v) is 8.33. The van der Waals surface area contributed by atoms with Gasteiger partial charge in [0.05, 0.1) is 6.61 Å². The molecule has 0 aromatic carbocycles. The molecule has 1 aromatic heterocycles. The van der Waals surface area contributed by atoms with Crippen LogP contribution in [0.25, 0.3) is 0 Å². The third-order valence-corrected chi connectivity index (χ3v) is 4.30. The maximum absolute atomic E-state index is 5.21. The summed E-state index contributed by atoms with van der Waals surface area (Å²) in [5, 5.41) is 4.62. The molecule has 20 heavy (non-hydrogen) atoms. The maximum Gasteiger partial charge on any atom is 0.185 e. The average molecular weight is 299 g/mol. The van der Waals surface area contributed by atoms with Gasteiger partial charge in [0.15, 0.2) is 5.13 Å². The minimum atomic E-state index is 0.379. The lowest BCUT2D eigenvalue weighted by atomic mass is 10.2. The summed E-state index contributed by atoms with van der Waals surface area (Å²) in [6.07, 6.45) is 3.16. The Labute approximate surface area is 127 Å². The molecule has 1 aromatic rings. The van der Waals surface area contributed by atoms with Crippen LogP contribution in [0, 0.1) is 5.92 Å². The van der Waals surface area contributed by atoms with Gasteiger partial charge in [0, 0.05) is 37.3 Å². The van der Waals surface area contributed by atoms with Crippen LogP contribution in [0.5, 0.6) is 0 Å². The van der Waals surface area contributed by atoms with Crippen molar-refractivity contribution in [2.24, 2.45) is 5.92 Å². The molecule has 0 spiro atoms. The molecule has 0 aliphatic heterocycles. The van der Waals surface area contributed by atoms with Crippen molar-refractivity contribution in [2.45, 2.75) is 40.2 Å². The molecule has 1 unspecified atom stereocenters. The van der Waals surface area contributed by atoms with Gasteiger partial charge in [0.25, 0.3) is 0 Å². The van der Waals surface area contributed by atoms with Crippen molar-refractivity contribution in [3.8, 4) is 0 Å². The standard InChI is InChI=1S/C15H29N3OS/c1-6-7-16-13(4)14-10-17-15(20-14)18(8-9-19-5)11-12(2)3/h10,12-13,16H,6-9,11H2,1-5H3. The average Bonchev–Trinajstić information content (AvgIpc) is 2.90. The molecule has 0 aliphatic rings. The van der Waals surface area contributed by atoms with Crippen LogP contribution in [-0.2, 0) is 4.74 Å². The predicted octanol–water partition coefficient (Wildman–Crippen LogP) is 3.31. The van der Waals surface area contributed by atoms with E-state index in [1.165, 1.54) is 4.88 Å². The van der Waals surface area contributed by atoms with Crippen LogP contribution in [0.4, 0.5) is 5.13 Å². The van der Waals surface area contributed by atoms with Crippen LogP contribution >= 0.6 is 11.3 Å². The zero-order valence-corrected chi connectivity index (χ0v) is 14.3. The molecule has 0 radical (unpaired) electrons. The van der Waals surface area contributed by atoms with E-state index in [0.29, 0.717) is 12.0 Å². The van der Waals surface area contributed by atoms with Crippen molar-refractivity contribution in [2.75, 3.05) is 38.3 Å². The van der Waals surface area contributed by atoms with Gasteiger partial charge in [-0.1, -0.05) is 20.8 Å². The molecule has 0 saturated carbocycles. The Morgan fingerprint density at radius 3 is 2.75 bits per heavy atom. The molecular formula is C15H29N3OS. The predicted molar refractivity (Wildman–Crippen MR) is 87.7 cm³/mol. The number of hydrogen-bond acceptors (Lipinski definition) is 5. The Bertz CT molecular complexity index is 368. The van der Waals surface area contributed by atoms with Crippen molar-refractivity contribution in [3.63, 3.8) is 0 Å². The van der Waals surface area contributed by atoms with Gasteiger partial charge in [-0.3, -0.25) is 0 Å². The maximum atomic E-state index is 5.21. The molecule has 0 fully saturated rings. The molecule has 116 valence electrons. The Hall–Kier alpha value is -0.650.